The van der Waals surface area contributed by atoms with Crippen LogP contribution in [0.4, 0.5) is 5.69 Å². The second-order valence-electron chi connectivity index (χ2n) is 6.75. The van der Waals surface area contributed by atoms with Crippen molar-refractivity contribution in [2.75, 3.05) is 40.3 Å². The van der Waals surface area contributed by atoms with Crippen LogP contribution in [0.15, 0.2) is 42.1 Å². The van der Waals surface area contributed by atoms with Crippen LogP contribution in [0.25, 0.3) is 5.57 Å². The summed E-state index contributed by atoms with van der Waals surface area (Å²) in [6, 6.07) is 10.5. The lowest BCUT2D eigenvalue weighted by molar-refractivity contribution is -0.136. The topological polar surface area (TPSA) is 86.3 Å². The Hall–Kier alpha value is -3.68. The van der Waals surface area contributed by atoms with E-state index < -0.39 is 5.91 Å². The fourth-order valence-electron chi connectivity index (χ4n) is 3.52. The summed E-state index contributed by atoms with van der Waals surface area (Å²) in [4.78, 5) is 27.6. The molecule has 31 heavy (non-hydrogen) atoms. The first kappa shape index (κ1) is 22.0. The predicted molar refractivity (Wildman–Crippen MR) is 117 cm³/mol. The highest BCUT2D eigenvalue weighted by atomic mass is 16.5. The summed E-state index contributed by atoms with van der Waals surface area (Å²) in [6.45, 7) is 2.23. The minimum atomic E-state index is -0.401. The number of amides is 2. The average Bonchev–Trinajstić information content (AvgIpc) is 3.02. The number of methoxy groups -OCH3 is 4. The fourth-order valence-corrected chi connectivity index (χ4v) is 3.52. The summed E-state index contributed by atoms with van der Waals surface area (Å²) in [6.07, 6.45) is 0.647. The molecule has 2 aromatic rings. The Kier molecular flexibility index (Phi) is 6.69. The van der Waals surface area contributed by atoms with Crippen molar-refractivity contribution in [3.8, 4) is 23.0 Å². The van der Waals surface area contributed by atoms with E-state index in [1.54, 1.807) is 36.4 Å². The summed E-state index contributed by atoms with van der Waals surface area (Å²) in [5.41, 5.74) is 1.47. The largest absolute Gasteiger partial charge is 0.496 e. The van der Waals surface area contributed by atoms with Crippen molar-refractivity contribution in [2.24, 2.45) is 0 Å². The fraction of sp³-hybridized carbons (Fsp3) is 0.304. The molecular formula is C23H26N2O6. The lowest BCUT2D eigenvalue weighted by atomic mass is 10.0. The Bertz CT molecular complexity index is 1010. The van der Waals surface area contributed by atoms with Gasteiger partial charge in [0, 0.05) is 29.9 Å². The number of para-hydroxylation sites is 1. The Morgan fingerprint density at radius 2 is 1.45 bits per heavy atom. The van der Waals surface area contributed by atoms with Gasteiger partial charge in [0.25, 0.3) is 11.8 Å². The molecule has 0 bridgehead atoms. The number of nitrogens with one attached hydrogen (secondary N) is 1. The number of anilines is 1. The van der Waals surface area contributed by atoms with Crippen molar-refractivity contribution in [1.82, 2.24) is 4.90 Å². The van der Waals surface area contributed by atoms with Gasteiger partial charge in [-0.1, -0.05) is 25.1 Å². The van der Waals surface area contributed by atoms with E-state index >= 15 is 0 Å². The van der Waals surface area contributed by atoms with Gasteiger partial charge in [0.2, 0.25) is 5.75 Å². The van der Waals surface area contributed by atoms with Gasteiger partial charge in [-0.05, 0) is 12.5 Å². The molecule has 8 heteroatoms. The smallest absolute Gasteiger partial charge is 0.278 e. The molecule has 164 valence electrons. The zero-order valence-electron chi connectivity index (χ0n) is 18.3. The number of benzene rings is 2. The molecule has 0 saturated carbocycles. The van der Waals surface area contributed by atoms with Crippen LogP contribution >= 0.6 is 0 Å². The zero-order chi connectivity index (χ0) is 22.5. The average molecular weight is 426 g/mol. The summed E-state index contributed by atoms with van der Waals surface area (Å²) in [5.74, 6) is 1.00. The number of hydrogen-bond donors (Lipinski definition) is 1. The number of ether oxygens (including phenoxy) is 4. The van der Waals surface area contributed by atoms with Crippen molar-refractivity contribution >= 4 is 23.1 Å². The van der Waals surface area contributed by atoms with Gasteiger partial charge in [0.15, 0.2) is 11.5 Å². The molecule has 0 aliphatic carbocycles. The molecule has 8 nitrogen and oxygen atoms in total. The summed E-state index contributed by atoms with van der Waals surface area (Å²) in [7, 11) is 6.05. The molecule has 0 saturated heterocycles. The lowest BCUT2D eigenvalue weighted by Gasteiger charge is -2.16. The van der Waals surface area contributed by atoms with Crippen LogP contribution in [-0.2, 0) is 9.59 Å². The van der Waals surface area contributed by atoms with Gasteiger partial charge in [0.05, 0.1) is 34.0 Å². The molecule has 2 amide bonds. The number of imide groups is 1. The monoisotopic (exact) mass is 426 g/mol. The van der Waals surface area contributed by atoms with Crippen LogP contribution in [0.3, 0.4) is 0 Å². The highest BCUT2D eigenvalue weighted by Crippen LogP contribution is 2.41. The van der Waals surface area contributed by atoms with Crippen LogP contribution in [0.1, 0.15) is 18.9 Å². The Balaban J connectivity index is 2.16. The SMILES string of the molecule is CCCN1C(=O)C(Nc2cc(OC)c(OC)c(OC)c2)=C(c2ccccc2OC)C1=O. The zero-order valence-corrected chi connectivity index (χ0v) is 18.3. The molecule has 0 radical (unpaired) electrons. The van der Waals surface area contributed by atoms with Gasteiger partial charge >= 0.3 is 0 Å². The molecule has 3 rings (SSSR count). The molecule has 1 aliphatic heterocycles. The maximum absolute atomic E-state index is 13.2. The van der Waals surface area contributed by atoms with Crippen LogP contribution in [-0.4, -0.2) is 51.7 Å². The van der Waals surface area contributed by atoms with Crippen LogP contribution in [0.2, 0.25) is 0 Å². The van der Waals surface area contributed by atoms with Crippen LogP contribution < -0.4 is 24.3 Å². The highest BCUT2D eigenvalue weighted by Gasteiger charge is 2.39. The van der Waals surface area contributed by atoms with E-state index in [0.717, 1.165) is 0 Å². The van der Waals surface area contributed by atoms with Gasteiger partial charge in [-0.15, -0.1) is 0 Å². The Morgan fingerprint density at radius 3 is 2.00 bits per heavy atom. The predicted octanol–water partition coefficient (Wildman–Crippen LogP) is 3.32. The molecule has 1 N–H and O–H groups in total. The van der Waals surface area contributed by atoms with E-state index in [0.29, 0.717) is 47.2 Å². The van der Waals surface area contributed by atoms with E-state index in [1.165, 1.54) is 33.3 Å². The number of rotatable bonds is 9. The molecular weight excluding hydrogens is 400 g/mol. The second-order valence-corrected chi connectivity index (χ2v) is 6.75. The molecule has 0 aromatic heterocycles. The first-order chi connectivity index (χ1) is 15.0. The second kappa shape index (κ2) is 9.42. The molecule has 0 atom stereocenters. The molecule has 0 spiro atoms. The van der Waals surface area contributed by atoms with Crippen molar-refractivity contribution in [3.05, 3.63) is 47.7 Å². The van der Waals surface area contributed by atoms with Crippen molar-refractivity contribution in [1.29, 1.82) is 0 Å². The lowest BCUT2D eigenvalue weighted by Crippen LogP contribution is -2.33. The third-order valence-corrected chi connectivity index (χ3v) is 4.93. The number of carbonyl (C=O) groups excluding carboxylic acids is 2. The van der Waals surface area contributed by atoms with Gasteiger partial charge in [-0.2, -0.15) is 0 Å². The first-order valence-corrected chi connectivity index (χ1v) is 9.81. The third kappa shape index (κ3) is 4.01. The van der Waals surface area contributed by atoms with Crippen molar-refractivity contribution in [2.45, 2.75) is 13.3 Å². The summed E-state index contributed by atoms with van der Waals surface area (Å²) >= 11 is 0. The minimum Gasteiger partial charge on any atom is -0.496 e. The van der Waals surface area contributed by atoms with E-state index in [1.807, 2.05) is 6.92 Å². The number of carbonyl (C=O) groups is 2. The third-order valence-electron chi connectivity index (χ3n) is 4.93. The van der Waals surface area contributed by atoms with Crippen molar-refractivity contribution in [3.63, 3.8) is 0 Å². The van der Waals surface area contributed by atoms with Gasteiger partial charge in [-0.25, -0.2) is 0 Å². The summed E-state index contributed by atoms with van der Waals surface area (Å²) in [5, 5.41) is 3.11. The number of nitrogens with zero attached hydrogens (tertiary/aromatic N) is 1. The maximum Gasteiger partial charge on any atom is 0.278 e. The van der Waals surface area contributed by atoms with Gasteiger partial charge in [0.1, 0.15) is 11.4 Å². The van der Waals surface area contributed by atoms with Crippen LogP contribution in [0, 0.1) is 0 Å². The first-order valence-electron chi connectivity index (χ1n) is 9.81. The standard InChI is InChI=1S/C23H26N2O6/c1-6-11-25-22(26)19(15-9-7-8-10-16(15)28-2)20(23(25)27)24-14-12-17(29-3)21(31-5)18(13-14)30-4/h7-10,12-13,24H,6,11H2,1-5H3. The normalized spacial score (nSPS) is 13.5. The molecule has 1 heterocycles. The highest BCUT2D eigenvalue weighted by molar-refractivity contribution is 6.37. The van der Waals surface area contributed by atoms with Gasteiger partial charge < -0.3 is 24.3 Å². The molecule has 0 fully saturated rings. The Labute approximate surface area is 181 Å². The molecule has 0 unspecified atom stereocenters. The van der Waals surface area contributed by atoms with E-state index in [4.69, 9.17) is 18.9 Å². The van der Waals surface area contributed by atoms with E-state index in [-0.39, 0.29) is 17.2 Å². The van der Waals surface area contributed by atoms with E-state index in [2.05, 4.69) is 5.32 Å². The van der Waals surface area contributed by atoms with Crippen LogP contribution in [0.5, 0.6) is 23.0 Å². The van der Waals surface area contributed by atoms with Gasteiger partial charge in [-0.3, -0.25) is 14.5 Å². The molecule has 1 aliphatic rings. The number of hydrogen-bond acceptors (Lipinski definition) is 7. The van der Waals surface area contributed by atoms with Crippen molar-refractivity contribution < 1.29 is 28.5 Å². The molecule has 2 aromatic carbocycles. The quantitative estimate of drug-likeness (QED) is 0.616. The van der Waals surface area contributed by atoms with E-state index in [9.17, 15) is 9.59 Å². The minimum absolute atomic E-state index is 0.164. The summed E-state index contributed by atoms with van der Waals surface area (Å²) < 4.78 is 21.6. The maximum atomic E-state index is 13.2. The Morgan fingerprint density at radius 1 is 0.839 bits per heavy atom.